The highest BCUT2D eigenvalue weighted by atomic mass is 35.5. The number of nitrogens with one attached hydrogen (secondary N) is 1. The smallest absolute Gasteiger partial charge is 0.241 e. The average molecular weight is 361 g/mol. The summed E-state index contributed by atoms with van der Waals surface area (Å²) in [6, 6.07) is 6.63. The molecule has 1 aromatic heterocycles. The fraction of sp³-hybridized carbons (Fsp3) is 0.286. The maximum atomic E-state index is 12.3. The molecule has 0 bridgehead atoms. The van der Waals surface area contributed by atoms with Gasteiger partial charge < -0.3 is 9.84 Å². The summed E-state index contributed by atoms with van der Waals surface area (Å²) in [5, 5.41) is 6.33. The molecule has 0 aliphatic heterocycles. The first-order valence-electron chi connectivity index (χ1n) is 6.42. The largest absolute Gasteiger partial charge is 0.360 e. The van der Waals surface area contributed by atoms with E-state index in [4.69, 9.17) is 27.7 Å². The molecule has 0 saturated heterocycles. The molecule has 2 rings (SSSR count). The Morgan fingerprint density at radius 1 is 1.41 bits per heavy atom. The van der Waals surface area contributed by atoms with Gasteiger partial charge in [0.1, 0.15) is 11.0 Å². The number of amides is 1. The van der Waals surface area contributed by atoms with Crippen LogP contribution in [0, 0.1) is 6.92 Å². The van der Waals surface area contributed by atoms with Crippen LogP contribution in [0.2, 0.25) is 10.0 Å². The van der Waals surface area contributed by atoms with Gasteiger partial charge in [-0.2, -0.15) is 0 Å². The molecule has 2 aromatic rings. The lowest BCUT2D eigenvalue weighted by atomic mass is 10.2. The van der Waals surface area contributed by atoms with E-state index in [1.165, 1.54) is 0 Å². The topological polar surface area (TPSA) is 72.2 Å². The monoisotopic (exact) mass is 360 g/mol. The second-order valence-corrected chi connectivity index (χ2v) is 7.25. The van der Waals surface area contributed by atoms with Crippen LogP contribution >= 0.6 is 23.2 Å². The normalized spacial score (nSPS) is 13.6. The highest BCUT2D eigenvalue weighted by Gasteiger charge is 2.22. The number of carbonyl (C=O) groups excluding carboxylic acids is 1. The standard InChI is InChI=1S/C14H14Cl2N2O3S/c1-8-6-13(18-21-8)17-14(19)9(2)22(20)7-10-11(15)4-3-5-12(10)16/h3-6,9H,7H2,1-2H3,(H,17,18,19). The van der Waals surface area contributed by atoms with Gasteiger partial charge in [0.25, 0.3) is 0 Å². The minimum absolute atomic E-state index is 0.102. The van der Waals surface area contributed by atoms with E-state index in [0.717, 1.165) is 0 Å². The van der Waals surface area contributed by atoms with Crippen LogP contribution in [-0.2, 0) is 21.3 Å². The Labute approximate surface area is 140 Å². The van der Waals surface area contributed by atoms with E-state index in [0.29, 0.717) is 27.2 Å². The van der Waals surface area contributed by atoms with Crippen LogP contribution in [0.3, 0.4) is 0 Å². The molecular weight excluding hydrogens is 347 g/mol. The number of aromatic nitrogens is 1. The van der Waals surface area contributed by atoms with Gasteiger partial charge in [-0.25, -0.2) is 0 Å². The highest BCUT2D eigenvalue weighted by molar-refractivity contribution is 7.85. The summed E-state index contributed by atoms with van der Waals surface area (Å²) in [6.07, 6.45) is 0. The Hall–Kier alpha value is -1.37. The maximum Gasteiger partial charge on any atom is 0.241 e. The van der Waals surface area contributed by atoms with Crippen molar-refractivity contribution in [1.29, 1.82) is 0 Å². The number of anilines is 1. The minimum Gasteiger partial charge on any atom is -0.360 e. The van der Waals surface area contributed by atoms with Gasteiger partial charge in [0, 0.05) is 32.5 Å². The summed E-state index contributed by atoms with van der Waals surface area (Å²) < 4.78 is 17.2. The molecule has 0 fully saturated rings. The quantitative estimate of drug-likeness (QED) is 0.884. The van der Waals surface area contributed by atoms with Gasteiger partial charge in [-0.3, -0.25) is 9.00 Å². The molecule has 118 valence electrons. The lowest BCUT2D eigenvalue weighted by Crippen LogP contribution is -2.30. The number of benzene rings is 1. The van der Waals surface area contributed by atoms with Crippen LogP contribution in [0.4, 0.5) is 5.82 Å². The van der Waals surface area contributed by atoms with Gasteiger partial charge in [0.05, 0.1) is 5.75 Å². The molecule has 0 saturated carbocycles. The number of aryl methyl sites for hydroxylation is 1. The van der Waals surface area contributed by atoms with Gasteiger partial charge in [0.15, 0.2) is 5.82 Å². The van der Waals surface area contributed by atoms with Crippen molar-refractivity contribution in [3.63, 3.8) is 0 Å². The molecule has 8 heteroatoms. The van der Waals surface area contributed by atoms with Gasteiger partial charge in [-0.1, -0.05) is 34.4 Å². The molecule has 2 atom stereocenters. The summed E-state index contributed by atoms with van der Waals surface area (Å²) in [5.41, 5.74) is 0.570. The van der Waals surface area contributed by atoms with E-state index in [-0.39, 0.29) is 5.75 Å². The van der Waals surface area contributed by atoms with Crippen molar-refractivity contribution in [3.8, 4) is 0 Å². The van der Waals surface area contributed by atoms with Crippen LogP contribution in [-0.4, -0.2) is 20.5 Å². The zero-order valence-corrected chi connectivity index (χ0v) is 14.3. The molecule has 0 radical (unpaired) electrons. The fourth-order valence-electron chi connectivity index (χ4n) is 1.71. The Morgan fingerprint density at radius 2 is 2.05 bits per heavy atom. The molecule has 1 amide bonds. The van der Waals surface area contributed by atoms with Gasteiger partial charge in [0.2, 0.25) is 5.91 Å². The minimum atomic E-state index is -1.47. The Morgan fingerprint density at radius 3 is 2.59 bits per heavy atom. The van der Waals surface area contributed by atoms with Crippen LogP contribution in [0.25, 0.3) is 0 Å². The first-order valence-corrected chi connectivity index (χ1v) is 8.56. The first-order chi connectivity index (χ1) is 10.4. The third kappa shape index (κ3) is 4.09. The molecule has 2 unspecified atom stereocenters. The van der Waals surface area contributed by atoms with Crippen molar-refractivity contribution in [2.24, 2.45) is 0 Å². The maximum absolute atomic E-state index is 12.3. The Kier molecular flexibility index (Phi) is 5.61. The van der Waals surface area contributed by atoms with Crippen LogP contribution < -0.4 is 5.32 Å². The van der Waals surface area contributed by atoms with Gasteiger partial charge >= 0.3 is 0 Å². The van der Waals surface area contributed by atoms with E-state index in [1.807, 2.05) is 0 Å². The Bertz CT molecular complexity index is 698. The molecule has 0 aliphatic carbocycles. The van der Waals surface area contributed by atoms with E-state index in [1.54, 1.807) is 38.1 Å². The molecule has 1 aromatic carbocycles. The molecule has 0 spiro atoms. The molecule has 5 nitrogen and oxygen atoms in total. The van der Waals surface area contributed by atoms with Crippen LogP contribution in [0.5, 0.6) is 0 Å². The first kappa shape index (κ1) is 17.0. The zero-order valence-electron chi connectivity index (χ0n) is 11.9. The lowest BCUT2D eigenvalue weighted by Gasteiger charge is -2.12. The van der Waals surface area contributed by atoms with Crippen molar-refractivity contribution >= 4 is 45.7 Å². The molecule has 0 aliphatic rings. The number of halogens is 2. The molecular formula is C14H14Cl2N2O3S. The van der Waals surface area contributed by atoms with Gasteiger partial charge in [-0.15, -0.1) is 0 Å². The summed E-state index contributed by atoms with van der Waals surface area (Å²) in [7, 11) is -1.47. The average Bonchev–Trinajstić information content (AvgIpc) is 2.87. The van der Waals surface area contributed by atoms with Gasteiger partial charge in [-0.05, 0) is 26.0 Å². The van der Waals surface area contributed by atoms with E-state index < -0.39 is 22.0 Å². The van der Waals surface area contributed by atoms with E-state index in [2.05, 4.69) is 10.5 Å². The number of nitrogens with zero attached hydrogens (tertiary/aromatic N) is 1. The lowest BCUT2D eigenvalue weighted by molar-refractivity contribution is -0.115. The predicted molar refractivity (Wildman–Crippen MR) is 87.6 cm³/mol. The van der Waals surface area contributed by atoms with Crippen molar-refractivity contribution in [2.45, 2.75) is 24.9 Å². The summed E-state index contributed by atoms with van der Waals surface area (Å²) in [5.74, 6) is 0.564. The second kappa shape index (κ2) is 7.26. The number of hydrogen-bond donors (Lipinski definition) is 1. The van der Waals surface area contributed by atoms with Crippen LogP contribution in [0.15, 0.2) is 28.8 Å². The number of rotatable bonds is 5. The second-order valence-electron chi connectivity index (χ2n) is 4.68. The fourth-order valence-corrected chi connectivity index (χ4v) is 3.54. The summed E-state index contributed by atoms with van der Waals surface area (Å²) >= 11 is 12.1. The van der Waals surface area contributed by atoms with Crippen molar-refractivity contribution in [1.82, 2.24) is 5.16 Å². The highest BCUT2D eigenvalue weighted by Crippen LogP contribution is 2.26. The van der Waals surface area contributed by atoms with Crippen LogP contribution in [0.1, 0.15) is 18.2 Å². The number of hydrogen-bond acceptors (Lipinski definition) is 4. The molecule has 22 heavy (non-hydrogen) atoms. The van der Waals surface area contributed by atoms with Crippen molar-refractivity contribution in [3.05, 3.63) is 45.6 Å². The summed E-state index contributed by atoms with van der Waals surface area (Å²) in [6.45, 7) is 3.28. The van der Waals surface area contributed by atoms with Crippen molar-refractivity contribution < 1.29 is 13.5 Å². The SMILES string of the molecule is Cc1cc(NC(=O)C(C)S(=O)Cc2c(Cl)cccc2Cl)no1. The van der Waals surface area contributed by atoms with Crippen molar-refractivity contribution in [2.75, 3.05) is 5.32 Å². The zero-order chi connectivity index (χ0) is 16.3. The van der Waals surface area contributed by atoms with E-state index in [9.17, 15) is 9.00 Å². The molecule has 1 heterocycles. The number of carbonyl (C=O) groups is 1. The molecule has 1 N–H and O–H groups in total. The third-order valence-corrected chi connectivity index (χ3v) is 5.28. The predicted octanol–water partition coefficient (Wildman–Crippen LogP) is 3.57. The Balaban J connectivity index is 2.04. The van der Waals surface area contributed by atoms with E-state index >= 15 is 0 Å². The third-order valence-electron chi connectivity index (χ3n) is 2.99. The summed E-state index contributed by atoms with van der Waals surface area (Å²) in [4.78, 5) is 12.1.